The van der Waals surface area contributed by atoms with Crippen molar-refractivity contribution >= 4 is 11.6 Å². The van der Waals surface area contributed by atoms with Gasteiger partial charge < -0.3 is 10.1 Å². The van der Waals surface area contributed by atoms with Crippen LogP contribution >= 0.6 is 0 Å². The Morgan fingerprint density at radius 1 is 1.56 bits per heavy atom. The molecule has 1 rings (SSSR count). The van der Waals surface area contributed by atoms with E-state index in [1.165, 1.54) is 6.92 Å². The number of ether oxygens (including phenoxy) is 1. The van der Waals surface area contributed by atoms with Crippen LogP contribution in [0.1, 0.15) is 18.1 Å². The number of allylic oxidation sites excluding steroid dienone is 1. The average Bonchev–Trinajstić information content (AvgIpc) is 2.22. The lowest BCUT2D eigenvalue weighted by atomic mass is 10.0. The van der Waals surface area contributed by atoms with Crippen LogP contribution in [0.4, 0.5) is 5.69 Å². The number of rotatable bonds is 4. The molecule has 0 saturated carbocycles. The number of nitrogens with one attached hydrogen (secondary N) is 1. The summed E-state index contributed by atoms with van der Waals surface area (Å²) in [5.41, 5.74) is 2.80. The van der Waals surface area contributed by atoms with Gasteiger partial charge in [-0.1, -0.05) is 12.1 Å². The number of benzene rings is 1. The van der Waals surface area contributed by atoms with E-state index in [1.807, 2.05) is 19.1 Å². The Labute approximate surface area is 96.1 Å². The number of methoxy groups -OCH3 is 1. The molecule has 16 heavy (non-hydrogen) atoms. The Hall–Kier alpha value is -1.77. The van der Waals surface area contributed by atoms with Crippen LogP contribution in [0.2, 0.25) is 0 Å². The zero-order valence-corrected chi connectivity index (χ0v) is 9.96. The molecule has 86 valence electrons. The van der Waals surface area contributed by atoms with Gasteiger partial charge in [0.05, 0.1) is 7.11 Å². The zero-order chi connectivity index (χ0) is 12.1. The number of amides is 1. The van der Waals surface area contributed by atoms with E-state index in [2.05, 4.69) is 11.9 Å². The Morgan fingerprint density at radius 2 is 2.25 bits per heavy atom. The normalized spacial score (nSPS) is 9.69. The van der Waals surface area contributed by atoms with Crippen molar-refractivity contribution in [1.29, 1.82) is 0 Å². The van der Waals surface area contributed by atoms with E-state index in [9.17, 15) is 4.79 Å². The molecule has 0 saturated heterocycles. The van der Waals surface area contributed by atoms with Crippen LogP contribution in [0.15, 0.2) is 24.8 Å². The predicted octanol–water partition coefficient (Wildman–Crippen LogP) is 2.69. The van der Waals surface area contributed by atoms with E-state index in [1.54, 1.807) is 13.2 Å². The second kappa shape index (κ2) is 5.35. The summed E-state index contributed by atoms with van der Waals surface area (Å²) in [5.74, 6) is 0.724. The lowest BCUT2D eigenvalue weighted by molar-refractivity contribution is -0.114. The molecular formula is C13H17NO2. The van der Waals surface area contributed by atoms with Crippen LogP contribution in [0.25, 0.3) is 0 Å². The predicted molar refractivity (Wildman–Crippen MR) is 65.9 cm³/mol. The fourth-order valence-corrected chi connectivity index (χ4v) is 1.68. The third-order valence-electron chi connectivity index (χ3n) is 2.32. The highest BCUT2D eigenvalue weighted by atomic mass is 16.5. The minimum Gasteiger partial charge on any atom is -0.496 e. The van der Waals surface area contributed by atoms with Crippen molar-refractivity contribution in [3.8, 4) is 5.75 Å². The van der Waals surface area contributed by atoms with Crippen molar-refractivity contribution in [3.05, 3.63) is 35.9 Å². The molecule has 0 aliphatic heterocycles. The van der Waals surface area contributed by atoms with Gasteiger partial charge in [-0.15, -0.1) is 6.58 Å². The standard InChI is InChI=1S/C13H17NO2/c1-5-6-11-12(14-10(3)15)8-7-9(2)13(11)16-4/h5,7-8H,1,6H2,2-4H3,(H,14,15). The lowest BCUT2D eigenvalue weighted by Crippen LogP contribution is -2.09. The largest absolute Gasteiger partial charge is 0.496 e. The first-order valence-corrected chi connectivity index (χ1v) is 5.15. The van der Waals surface area contributed by atoms with Crippen LogP contribution in [-0.2, 0) is 11.2 Å². The van der Waals surface area contributed by atoms with Gasteiger partial charge in [-0.25, -0.2) is 0 Å². The van der Waals surface area contributed by atoms with Gasteiger partial charge in [-0.2, -0.15) is 0 Å². The first kappa shape index (κ1) is 12.3. The van der Waals surface area contributed by atoms with Gasteiger partial charge in [0.1, 0.15) is 5.75 Å². The maximum absolute atomic E-state index is 11.1. The molecule has 0 aliphatic carbocycles. The SMILES string of the molecule is C=CCc1c(NC(C)=O)ccc(C)c1OC. The minimum absolute atomic E-state index is 0.0868. The second-order valence-corrected chi connectivity index (χ2v) is 3.62. The van der Waals surface area contributed by atoms with Gasteiger partial charge in [-0.3, -0.25) is 4.79 Å². The number of hydrogen-bond acceptors (Lipinski definition) is 2. The smallest absolute Gasteiger partial charge is 0.221 e. The van der Waals surface area contributed by atoms with Crippen LogP contribution in [0, 0.1) is 6.92 Å². The quantitative estimate of drug-likeness (QED) is 0.791. The summed E-state index contributed by atoms with van der Waals surface area (Å²) in [6, 6.07) is 3.81. The second-order valence-electron chi connectivity index (χ2n) is 3.62. The Bertz CT molecular complexity index is 411. The third kappa shape index (κ3) is 2.63. The van der Waals surface area contributed by atoms with Crippen molar-refractivity contribution in [3.63, 3.8) is 0 Å². The monoisotopic (exact) mass is 219 g/mol. The van der Waals surface area contributed by atoms with E-state index in [0.717, 1.165) is 22.6 Å². The molecule has 1 aromatic rings. The molecule has 1 amide bonds. The molecular weight excluding hydrogens is 202 g/mol. The molecule has 0 radical (unpaired) electrons. The molecule has 0 atom stereocenters. The van der Waals surface area contributed by atoms with Crippen LogP contribution in [0.5, 0.6) is 5.75 Å². The van der Waals surface area contributed by atoms with Crippen molar-refractivity contribution in [2.75, 3.05) is 12.4 Å². The van der Waals surface area contributed by atoms with Crippen LogP contribution in [0.3, 0.4) is 0 Å². The molecule has 3 nitrogen and oxygen atoms in total. The summed E-state index contributed by atoms with van der Waals surface area (Å²) >= 11 is 0. The number of hydrogen-bond donors (Lipinski definition) is 1. The number of anilines is 1. The molecule has 1 N–H and O–H groups in total. The van der Waals surface area contributed by atoms with Crippen molar-refractivity contribution < 1.29 is 9.53 Å². The summed E-state index contributed by atoms with van der Waals surface area (Å²) in [6.45, 7) is 7.18. The topological polar surface area (TPSA) is 38.3 Å². The molecule has 3 heteroatoms. The fourth-order valence-electron chi connectivity index (χ4n) is 1.68. The molecule has 0 aromatic heterocycles. The minimum atomic E-state index is -0.0868. The van der Waals surface area contributed by atoms with E-state index in [-0.39, 0.29) is 5.91 Å². The molecule has 0 bridgehead atoms. The first-order valence-electron chi connectivity index (χ1n) is 5.15. The fraction of sp³-hybridized carbons (Fsp3) is 0.308. The van der Waals surface area contributed by atoms with Crippen LogP contribution in [-0.4, -0.2) is 13.0 Å². The summed E-state index contributed by atoms with van der Waals surface area (Å²) in [7, 11) is 1.63. The Kier molecular flexibility index (Phi) is 4.11. The highest BCUT2D eigenvalue weighted by Crippen LogP contribution is 2.30. The molecule has 1 aromatic carbocycles. The van der Waals surface area contributed by atoms with E-state index in [4.69, 9.17) is 4.74 Å². The van der Waals surface area contributed by atoms with Gasteiger partial charge in [0.25, 0.3) is 0 Å². The highest BCUT2D eigenvalue weighted by Gasteiger charge is 2.11. The lowest BCUT2D eigenvalue weighted by Gasteiger charge is -2.15. The molecule has 0 aliphatic rings. The van der Waals surface area contributed by atoms with E-state index < -0.39 is 0 Å². The molecule has 0 fully saturated rings. The van der Waals surface area contributed by atoms with Gasteiger partial charge in [0.2, 0.25) is 5.91 Å². The third-order valence-corrected chi connectivity index (χ3v) is 2.32. The summed E-state index contributed by atoms with van der Waals surface area (Å²) in [4.78, 5) is 11.1. The first-order chi connectivity index (χ1) is 7.60. The highest BCUT2D eigenvalue weighted by molar-refractivity contribution is 5.90. The van der Waals surface area contributed by atoms with Gasteiger partial charge in [0, 0.05) is 18.2 Å². The molecule has 0 heterocycles. The van der Waals surface area contributed by atoms with E-state index >= 15 is 0 Å². The number of carbonyl (C=O) groups excluding carboxylic acids is 1. The summed E-state index contributed by atoms with van der Waals surface area (Å²) in [6.07, 6.45) is 2.46. The van der Waals surface area contributed by atoms with Gasteiger partial charge in [-0.05, 0) is 25.0 Å². The summed E-state index contributed by atoms with van der Waals surface area (Å²) < 4.78 is 5.35. The zero-order valence-electron chi connectivity index (χ0n) is 9.96. The molecule has 0 spiro atoms. The van der Waals surface area contributed by atoms with Crippen LogP contribution < -0.4 is 10.1 Å². The van der Waals surface area contributed by atoms with Crippen molar-refractivity contribution in [2.45, 2.75) is 20.3 Å². The maximum Gasteiger partial charge on any atom is 0.221 e. The Morgan fingerprint density at radius 3 is 2.75 bits per heavy atom. The van der Waals surface area contributed by atoms with Gasteiger partial charge >= 0.3 is 0 Å². The Balaban J connectivity index is 3.25. The number of aryl methyl sites for hydroxylation is 1. The number of carbonyl (C=O) groups is 1. The average molecular weight is 219 g/mol. The van der Waals surface area contributed by atoms with Gasteiger partial charge in [0.15, 0.2) is 0 Å². The van der Waals surface area contributed by atoms with Crippen molar-refractivity contribution in [1.82, 2.24) is 0 Å². The molecule has 0 unspecified atom stereocenters. The maximum atomic E-state index is 11.1. The van der Waals surface area contributed by atoms with E-state index in [0.29, 0.717) is 6.42 Å². The van der Waals surface area contributed by atoms with Crippen molar-refractivity contribution in [2.24, 2.45) is 0 Å². The summed E-state index contributed by atoms with van der Waals surface area (Å²) in [5, 5.41) is 2.79.